The number of hydrogen-bond donors (Lipinski definition) is 3. The van der Waals surface area contributed by atoms with Crippen LogP contribution in [0.15, 0.2) is 29.5 Å². The molecule has 0 aromatic carbocycles. The molecular weight excluding hydrogens is 316 g/mol. The van der Waals surface area contributed by atoms with Crippen molar-refractivity contribution in [2.24, 2.45) is 10.4 Å². The zero-order chi connectivity index (χ0) is 18.0. The standard InChI is InChI=1S/C19H32N4O2/c1-3-21-18(22-14-17(24)16-6-11-20-12-7-16)23-15-19(10-13-25-2)8-4-5-9-19/h6-7,11-12,17,24H,3-5,8-10,13-15H2,1-2H3,(H2,21,22,23). The summed E-state index contributed by atoms with van der Waals surface area (Å²) >= 11 is 0. The van der Waals surface area contributed by atoms with Crippen molar-refractivity contribution >= 4 is 5.96 Å². The van der Waals surface area contributed by atoms with Crippen LogP contribution in [0.5, 0.6) is 0 Å². The van der Waals surface area contributed by atoms with Gasteiger partial charge in [0.2, 0.25) is 0 Å². The zero-order valence-electron chi connectivity index (χ0n) is 15.5. The lowest BCUT2D eigenvalue weighted by atomic mass is 9.83. The molecular formula is C19H32N4O2. The monoisotopic (exact) mass is 348 g/mol. The average molecular weight is 348 g/mol. The van der Waals surface area contributed by atoms with Gasteiger partial charge in [-0.1, -0.05) is 12.8 Å². The number of nitrogens with one attached hydrogen (secondary N) is 2. The summed E-state index contributed by atoms with van der Waals surface area (Å²) in [4.78, 5) is 8.78. The first-order valence-corrected chi connectivity index (χ1v) is 9.28. The molecule has 2 rings (SSSR count). The number of aromatic nitrogens is 1. The van der Waals surface area contributed by atoms with Crippen molar-refractivity contribution in [3.8, 4) is 0 Å². The van der Waals surface area contributed by atoms with E-state index in [1.54, 1.807) is 19.5 Å². The molecule has 3 N–H and O–H groups in total. The highest BCUT2D eigenvalue weighted by molar-refractivity contribution is 5.79. The van der Waals surface area contributed by atoms with Crippen LogP contribution in [-0.4, -0.2) is 49.4 Å². The Morgan fingerprint density at radius 1 is 1.32 bits per heavy atom. The van der Waals surface area contributed by atoms with E-state index < -0.39 is 6.10 Å². The van der Waals surface area contributed by atoms with Crippen molar-refractivity contribution in [1.29, 1.82) is 0 Å². The van der Waals surface area contributed by atoms with Crippen molar-refractivity contribution < 1.29 is 9.84 Å². The minimum Gasteiger partial charge on any atom is -0.387 e. The molecule has 1 aliphatic rings. The summed E-state index contributed by atoms with van der Waals surface area (Å²) in [5, 5.41) is 16.8. The molecule has 140 valence electrons. The largest absolute Gasteiger partial charge is 0.387 e. The highest BCUT2D eigenvalue weighted by Crippen LogP contribution is 2.41. The summed E-state index contributed by atoms with van der Waals surface area (Å²) in [6.45, 7) is 4.85. The second-order valence-electron chi connectivity index (χ2n) is 6.82. The summed E-state index contributed by atoms with van der Waals surface area (Å²) < 4.78 is 5.29. The van der Waals surface area contributed by atoms with E-state index in [0.717, 1.165) is 37.6 Å². The van der Waals surface area contributed by atoms with E-state index in [-0.39, 0.29) is 5.41 Å². The third-order valence-electron chi connectivity index (χ3n) is 4.97. The Bertz CT molecular complexity index is 515. The summed E-state index contributed by atoms with van der Waals surface area (Å²) in [7, 11) is 1.76. The van der Waals surface area contributed by atoms with Crippen molar-refractivity contribution in [3.05, 3.63) is 30.1 Å². The van der Waals surface area contributed by atoms with E-state index >= 15 is 0 Å². The van der Waals surface area contributed by atoms with E-state index in [0.29, 0.717) is 6.54 Å². The maximum Gasteiger partial charge on any atom is 0.191 e. The quantitative estimate of drug-likeness (QED) is 0.471. The molecule has 0 radical (unpaired) electrons. The molecule has 0 amide bonds. The fourth-order valence-corrected chi connectivity index (χ4v) is 3.42. The van der Waals surface area contributed by atoms with Crippen LogP contribution in [0.3, 0.4) is 0 Å². The van der Waals surface area contributed by atoms with E-state index in [4.69, 9.17) is 9.73 Å². The maximum atomic E-state index is 10.3. The van der Waals surface area contributed by atoms with E-state index in [9.17, 15) is 5.11 Å². The minimum atomic E-state index is -0.583. The Labute approximate surface area is 151 Å². The van der Waals surface area contributed by atoms with Crippen molar-refractivity contribution in [1.82, 2.24) is 15.6 Å². The predicted octanol–water partition coefficient (Wildman–Crippen LogP) is 2.27. The minimum absolute atomic E-state index is 0.266. The van der Waals surface area contributed by atoms with E-state index in [2.05, 4.69) is 15.6 Å². The Morgan fingerprint density at radius 2 is 2.04 bits per heavy atom. The van der Waals surface area contributed by atoms with E-state index in [1.165, 1.54) is 25.7 Å². The molecule has 1 saturated carbocycles. The lowest BCUT2D eigenvalue weighted by Crippen LogP contribution is -2.40. The summed E-state index contributed by atoms with van der Waals surface area (Å²) in [6, 6.07) is 3.66. The highest BCUT2D eigenvalue weighted by atomic mass is 16.5. The Kier molecular flexibility index (Phi) is 8.15. The van der Waals surface area contributed by atoms with Gasteiger partial charge in [0.05, 0.1) is 6.10 Å². The third-order valence-corrected chi connectivity index (χ3v) is 4.97. The first-order valence-electron chi connectivity index (χ1n) is 9.28. The van der Waals surface area contributed by atoms with Crippen LogP contribution in [0, 0.1) is 5.41 Å². The second-order valence-corrected chi connectivity index (χ2v) is 6.82. The fourth-order valence-electron chi connectivity index (χ4n) is 3.42. The van der Waals surface area contributed by atoms with Crippen molar-refractivity contribution in [2.45, 2.75) is 45.1 Å². The third kappa shape index (κ3) is 6.29. The molecule has 1 unspecified atom stereocenters. The van der Waals surface area contributed by atoms with Gasteiger partial charge >= 0.3 is 0 Å². The smallest absolute Gasteiger partial charge is 0.191 e. The van der Waals surface area contributed by atoms with Crippen LogP contribution in [0.2, 0.25) is 0 Å². The molecule has 0 bridgehead atoms. The van der Waals surface area contributed by atoms with Crippen LogP contribution < -0.4 is 10.6 Å². The van der Waals surface area contributed by atoms with Gasteiger partial charge in [-0.15, -0.1) is 0 Å². The Hall–Kier alpha value is -1.66. The van der Waals surface area contributed by atoms with Gasteiger partial charge in [0, 0.05) is 45.7 Å². The van der Waals surface area contributed by atoms with E-state index in [1.807, 2.05) is 19.1 Å². The summed E-state index contributed by atoms with van der Waals surface area (Å²) in [6.07, 6.45) is 8.87. The number of nitrogens with zero attached hydrogens (tertiary/aromatic N) is 2. The van der Waals surface area contributed by atoms with Gasteiger partial charge in [-0.3, -0.25) is 9.98 Å². The summed E-state index contributed by atoms with van der Waals surface area (Å²) in [5.74, 6) is 0.763. The molecule has 0 aliphatic heterocycles. The number of hydrogen-bond acceptors (Lipinski definition) is 4. The van der Waals surface area contributed by atoms with Crippen LogP contribution in [-0.2, 0) is 4.74 Å². The molecule has 1 atom stereocenters. The average Bonchev–Trinajstić information content (AvgIpc) is 3.12. The number of aliphatic hydroxyl groups is 1. The number of aliphatic imine (C=N–C) groups is 1. The number of rotatable bonds is 9. The van der Waals surface area contributed by atoms with Gasteiger partial charge in [0.1, 0.15) is 0 Å². The Morgan fingerprint density at radius 3 is 2.68 bits per heavy atom. The second kappa shape index (κ2) is 10.4. The number of pyridine rings is 1. The molecule has 1 heterocycles. The first kappa shape index (κ1) is 19.7. The molecule has 1 aromatic heterocycles. The first-order chi connectivity index (χ1) is 12.2. The number of aliphatic hydroxyl groups excluding tert-OH is 1. The molecule has 1 fully saturated rings. The molecule has 0 spiro atoms. The lowest BCUT2D eigenvalue weighted by molar-refractivity contribution is 0.141. The van der Waals surface area contributed by atoms with Crippen LogP contribution in [0.4, 0.5) is 0 Å². The van der Waals surface area contributed by atoms with Crippen LogP contribution in [0.25, 0.3) is 0 Å². The van der Waals surface area contributed by atoms with Crippen molar-refractivity contribution in [3.63, 3.8) is 0 Å². The van der Waals surface area contributed by atoms with Crippen LogP contribution in [0.1, 0.15) is 50.7 Å². The maximum absolute atomic E-state index is 10.3. The number of guanidine groups is 1. The fraction of sp³-hybridized carbons (Fsp3) is 0.684. The lowest BCUT2D eigenvalue weighted by Gasteiger charge is -2.27. The van der Waals surface area contributed by atoms with Gasteiger partial charge < -0.3 is 20.5 Å². The van der Waals surface area contributed by atoms with Gasteiger partial charge in [0.15, 0.2) is 5.96 Å². The van der Waals surface area contributed by atoms with Gasteiger partial charge in [-0.05, 0) is 49.3 Å². The highest BCUT2D eigenvalue weighted by Gasteiger charge is 2.33. The predicted molar refractivity (Wildman–Crippen MR) is 101 cm³/mol. The van der Waals surface area contributed by atoms with Gasteiger partial charge in [-0.2, -0.15) is 0 Å². The van der Waals surface area contributed by atoms with Crippen molar-refractivity contribution in [2.75, 3.05) is 33.4 Å². The topological polar surface area (TPSA) is 78.8 Å². The molecule has 1 aliphatic carbocycles. The molecule has 6 nitrogen and oxygen atoms in total. The summed E-state index contributed by atoms with van der Waals surface area (Å²) in [5.41, 5.74) is 1.12. The van der Waals surface area contributed by atoms with Gasteiger partial charge in [-0.25, -0.2) is 0 Å². The Balaban J connectivity index is 1.92. The van der Waals surface area contributed by atoms with Crippen LogP contribution >= 0.6 is 0 Å². The number of ether oxygens (including phenoxy) is 1. The number of methoxy groups -OCH3 is 1. The normalized spacial score (nSPS) is 18.1. The molecule has 25 heavy (non-hydrogen) atoms. The zero-order valence-corrected chi connectivity index (χ0v) is 15.5. The SMILES string of the molecule is CCNC(=NCC1(CCOC)CCCC1)NCC(O)c1ccncc1. The van der Waals surface area contributed by atoms with Gasteiger partial charge in [0.25, 0.3) is 0 Å². The molecule has 6 heteroatoms. The molecule has 0 saturated heterocycles. The molecule has 1 aromatic rings.